The van der Waals surface area contributed by atoms with E-state index in [9.17, 15) is 13.2 Å². The number of anilines is 1. The molecule has 0 aliphatic heterocycles. The van der Waals surface area contributed by atoms with Gasteiger partial charge in [0.2, 0.25) is 0 Å². The minimum atomic E-state index is -3.27. The second-order valence-electron chi connectivity index (χ2n) is 3.75. The predicted octanol–water partition coefficient (Wildman–Crippen LogP) is 1.46. The van der Waals surface area contributed by atoms with Crippen LogP contribution in [0.5, 0.6) is 0 Å². The van der Waals surface area contributed by atoms with Crippen molar-refractivity contribution < 1.29 is 17.9 Å². The molecule has 0 aliphatic rings. The number of sulfone groups is 1. The third-order valence-corrected chi connectivity index (χ3v) is 3.39. The number of carbonyl (C=O) groups is 1. The number of nitrogens with one attached hydrogen (secondary N) is 1. The minimum absolute atomic E-state index is 0.200. The summed E-state index contributed by atoms with van der Waals surface area (Å²) in [4.78, 5) is 11.4. The molecule has 6 heteroatoms. The van der Waals surface area contributed by atoms with Crippen molar-refractivity contribution >= 4 is 21.5 Å². The number of para-hydroxylation sites is 1. The highest BCUT2D eigenvalue weighted by Gasteiger charge is 2.12. The SMILES string of the molecule is CCOC(=O)CCNc1ccccc1S(C)(=O)=O. The van der Waals surface area contributed by atoms with E-state index in [1.807, 2.05) is 0 Å². The Morgan fingerprint density at radius 1 is 1.33 bits per heavy atom. The molecule has 1 N–H and O–H groups in total. The van der Waals surface area contributed by atoms with Crippen molar-refractivity contribution in [3.05, 3.63) is 24.3 Å². The lowest BCUT2D eigenvalue weighted by molar-refractivity contribution is -0.142. The number of ether oxygens (including phenoxy) is 1. The number of rotatable bonds is 6. The Morgan fingerprint density at radius 2 is 2.00 bits per heavy atom. The van der Waals surface area contributed by atoms with Crippen LogP contribution < -0.4 is 5.32 Å². The van der Waals surface area contributed by atoms with Crippen molar-refractivity contribution in [1.29, 1.82) is 0 Å². The highest BCUT2D eigenvalue weighted by Crippen LogP contribution is 2.20. The van der Waals surface area contributed by atoms with E-state index in [4.69, 9.17) is 4.74 Å². The molecule has 18 heavy (non-hydrogen) atoms. The molecule has 5 nitrogen and oxygen atoms in total. The molecule has 0 bridgehead atoms. The van der Waals surface area contributed by atoms with Crippen LogP contribution in [0.2, 0.25) is 0 Å². The van der Waals surface area contributed by atoms with Crippen LogP contribution in [0.15, 0.2) is 29.2 Å². The Morgan fingerprint density at radius 3 is 2.61 bits per heavy atom. The number of hydrogen-bond acceptors (Lipinski definition) is 5. The Kier molecular flexibility index (Phi) is 5.15. The number of esters is 1. The summed E-state index contributed by atoms with van der Waals surface area (Å²) in [5, 5.41) is 2.93. The maximum atomic E-state index is 11.5. The zero-order chi connectivity index (χ0) is 13.6. The lowest BCUT2D eigenvalue weighted by atomic mass is 10.3. The molecule has 100 valence electrons. The van der Waals surface area contributed by atoms with E-state index in [0.29, 0.717) is 18.8 Å². The van der Waals surface area contributed by atoms with Crippen LogP contribution in [0.1, 0.15) is 13.3 Å². The molecule has 1 aromatic carbocycles. The van der Waals surface area contributed by atoms with Crippen molar-refractivity contribution in [1.82, 2.24) is 0 Å². The van der Waals surface area contributed by atoms with Crippen LogP contribution in [-0.4, -0.2) is 33.8 Å². The van der Waals surface area contributed by atoms with Gasteiger partial charge < -0.3 is 10.1 Å². The van der Waals surface area contributed by atoms with Crippen LogP contribution in [-0.2, 0) is 19.4 Å². The molecule has 0 saturated carbocycles. The Balaban J connectivity index is 2.66. The number of benzene rings is 1. The van der Waals surface area contributed by atoms with E-state index in [2.05, 4.69) is 5.32 Å². The molecule has 0 amide bonds. The predicted molar refractivity (Wildman–Crippen MR) is 69.3 cm³/mol. The lowest BCUT2D eigenvalue weighted by Crippen LogP contribution is -2.13. The Bertz CT molecular complexity index is 511. The number of hydrogen-bond donors (Lipinski definition) is 1. The van der Waals surface area contributed by atoms with E-state index >= 15 is 0 Å². The molecule has 0 atom stereocenters. The summed E-state index contributed by atoms with van der Waals surface area (Å²) in [6.07, 6.45) is 1.35. The number of carbonyl (C=O) groups excluding carboxylic acids is 1. The summed E-state index contributed by atoms with van der Waals surface area (Å²) in [7, 11) is -3.27. The summed E-state index contributed by atoms with van der Waals surface area (Å²) in [6, 6.07) is 6.60. The van der Waals surface area contributed by atoms with Gasteiger partial charge in [-0.15, -0.1) is 0 Å². The Labute approximate surface area is 107 Å². The second kappa shape index (κ2) is 6.39. The lowest BCUT2D eigenvalue weighted by Gasteiger charge is -2.10. The van der Waals surface area contributed by atoms with Crippen LogP contribution in [0.3, 0.4) is 0 Å². The fourth-order valence-electron chi connectivity index (χ4n) is 1.47. The van der Waals surface area contributed by atoms with Gasteiger partial charge in [0, 0.05) is 12.8 Å². The molecule has 1 aromatic rings. The van der Waals surface area contributed by atoms with E-state index in [1.165, 1.54) is 6.07 Å². The summed E-state index contributed by atoms with van der Waals surface area (Å²) in [5.74, 6) is -0.304. The summed E-state index contributed by atoms with van der Waals surface area (Å²) in [6.45, 7) is 2.43. The second-order valence-corrected chi connectivity index (χ2v) is 5.73. The normalized spacial score (nSPS) is 11.0. The van der Waals surface area contributed by atoms with Gasteiger partial charge in [-0.2, -0.15) is 0 Å². The average Bonchev–Trinajstić information content (AvgIpc) is 2.28. The van der Waals surface area contributed by atoms with Gasteiger partial charge in [0.15, 0.2) is 9.84 Å². The van der Waals surface area contributed by atoms with Gasteiger partial charge in [0.1, 0.15) is 0 Å². The van der Waals surface area contributed by atoms with Crippen LogP contribution in [0.4, 0.5) is 5.69 Å². The summed E-state index contributed by atoms with van der Waals surface area (Å²) < 4.78 is 27.8. The largest absolute Gasteiger partial charge is 0.466 e. The monoisotopic (exact) mass is 271 g/mol. The van der Waals surface area contributed by atoms with Gasteiger partial charge in [-0.25, -0.2) is 8.42 Å². The fourth-order valence-corrected chi connectivity index (χ4v) is 2.33. The van der Waals surface area contributed by atoms with Gasteiger partial charge in [-0.1, -0.05) is 12.1 Å². The first-order valence-electron chi connectivity index (χ1n) is 5.63. The maximum absolute atomic E-state index is 11.5. The molecular formula is C12H17NO4S. The van der Waals surface area contributed by atoms with Gasteiger partial charge in [-0.3, -0.25) is 4.79 Å². The van der Waals surface area contributed by atoms with Crippen molar-refractivity contribution in [2.45, 2.75) is 18.2 Å². The quantitative estimate of drug-likeness (QED) is 0.793. The van der Waals surface area contributed by atoms with E-state index in [1.54, 1.807) is 25.1 Å². The molecule has 0 radical (unpaired) electrons. The van der Waals surface area contributed by atoms with Gasteiger partial charge in [0.25, 0.3) is 0 Å². The summed E-state index contributed by atoms with van der Waals surface area (Å²) >= 11 is 0. The van der Waals surface area contributed by atoms with Gasteiger partial charge in [0.05, 0.1) is 23.6 Å². The average molecular weight is 271 g/mol. The first kappa shape index (κ1) is 14.5. The zero-order valence-corrected chi connectivity index (χ0v) is 11.3. The first-order valence-corrected chi connectivity index (χ1v) is 7.53. The van der Waals surface area contributed by atoms with E-state index < -0.39 is 9.84 Å². The Hall–Kier alpha value is -1.56. The minimum Gasteiger partial charge on any atom is -0.466 e. The van der Waals surface area contributed by atoms with Gasteiger partial charge >= 0.3 is 5.97 Å². The molecule has 1 rings (SSSR count). The first-order chi connectivity index (χ1) is 8.45. The molecule has 0 aromatic heterocycles. The standard InChI is InChI=1S/C12H17NO4S/c1-3-17-12(14)8-9-13-10-6-4-5-7-11(10)18(2,15)16/h4-7,13H,3,8-9H2,1-2H3. The van der Waals surface area contributed by atoms with Gasteiger partial charge in [-0.05, 0) is 19.1 Å². The van der Waals surface area contributed by atoms with Crippen molar-refractivity contribution in [2.75, 3.05) is 24.7 Å². The van der Waals surface area contributed by atoms with Crippen molar-refractivity contribution in [2.24, 2.45) is 0 Å². The summed E-state index contributed by atoms with van der Waals surface area (Å²) in [5.41, 5.74) is 0.504. The molecule has 0 unspecified atom stereocenters. The highest BCUT2D eigenvalue weighted by atomic mass is 32.2. The molecule has 0 fully saturated rings. The third kappa shape index (κ3) is 4.37. The third-order valence-electron chi connectivity index (χ3n) is 2.24. The fraction of sp³-hybridized carbons (Fsp3) is 0.417. The topological polar surface area (TPSA) is 72.5 Å². The van der Waals surface area contributed by atoms with Crippen LogP contribution in [0, 0.1) is 0 Å². The van der Waals surface area contributed by atoms with Crippen molar-refractivity contribution in [3.63, 3.8) is 0 Å². The molecule has 0 aliphatic carbocycles. The molecule has 0 spiro atoms. The maximum Gasteiger partial charge on any atom is 0.307 e. The van der Waals surface area contributed by atoms with Crippen LogP contribution >= 0.6 is 0 Å². The molecule has 0 heterocycles. The van der Waals surface area contributed by atoms with E-state index in [-0.39, 0.29) is 17.3 Å². The van der Waals surface area contributed by atoms with Crippen LogP contribution in [0.25, 0.3) is 0 Å². The molecular weight excluding hydrogens is 254 g/mol. The van der Waals surface area contributed by atoms with E-state index in [0.717, 1.165) is 6.26 Å². The molecule has 0 saturated heterocycles. The van der Waals surface area contributed by atoms with Crippen molar-refractivity contribution in [3.8, 4) is 0 Å². The zero-order valence-electron chi connectivity index (χ0n) is 10.5. The smallest absolute Gasteiger partial charge is 0.307 e. The highest BCUT2D eigenvalue weighted by molar-refractivity contribution is 7.90.